The molecule has 1 aliphatic rings. The van der Waals surface area contributed by atoms with E-state index >= 15 is 0 Å². The molecule has 0 N–H and O–H groups in total. The summed E-state index contributed by atoms with van der Waals surface area (Å²) in [6.45, 7) is 4.52. The molecule has 8 heteroatoms. The van der Waals surface area contributed by atoms with Crippen molar-refractivity contribution in [1.29, 1.82) is 0 Å². The van der Waals surface area contributed by atoms with E-state index in [1.165, 1.54) is 6.07 Å². The van der Waals surface area contributed by atoms with Crippen LogP contribution in [0, 0.1) is 12.7 Å². The van der Waals surface area contributed by atoms with Crippen LogP contribution in [0.25, 0.3) is 0 Å². The van der Waals surface area contributed by atoms with Crippen molar-refractivity contribution in [3.05, 3.63) is 82.9 Å². The number of methoxy groups -OCH3 is 1. The first-order chi connectivity index (χ1) is 16.4. The number of halogens is 1. The number of aromatic nitrogens is 2. The van der Waals surface area contributed by atoms with Gasteiger partial charge in [0.1, 0.15) is 11.6 Å². The van der Waals surface area contributed by atoms with E-state index in [0.29, 0.717) is 31.7 Å². The first-order valence-corrected chi connectivity index (χ1v) is 11.4. The number of hydrogen-bond acceptors (Lipinski definition) is 5. The van der Waals surface area contributed by atoms with Crippen LogP contribution in [0.3, 0.4) is 0 Å². The Kier molecular flexibility index (Phi) is 7.59. The molecule has 0 aliphatic carbocycles. The summed E-state index contributed by atoms with van der Waals surface area (Å²) in [5.74, 6) is 0.523. The molecule has 1 aliphatic heterocycles. The van der Waals surface area contributed by atoms with E-state index in [4.69, 9.17) is 9.47 Å². The van der Waals surface area contributed by atoms with E-state index in [1.807, 2.05) is 54.0 Å². The summed E-state index contributed by atoms with van der Waals surface area (Å²) in [5, 5.41) is 4.33. The van der Waals surface area contributed by atoms with Gasteiger partial charge in [0.25, 0.3) is 0 Å². The number of aryl methyl sites for hydroxylation is 1. The molecule has 1 amide bonds. The van der Waals surface area contributed by atoms with Crippen molar-refractivity contribution < 1.29 is 18.7 Å². The van der Waals surface area contributed by atoms with Crippen LogP contribution in [0.15, 0.2) is 54.7 Å². The van der Waals surface area contributed by atoms with Crippen LogP contribution >= 0.6 is 0 Å². The van der Waals surface area contributed by atoms with Gasteiger partial charge in [0.2, 0.25) is 5.91 Å². The largest absolute Gasteiger partial charge is 0.497 e. The van der Waals surface area contributed by atoms with Crippen LogP contribution in [0.1, 0.15) is 22.4 Å². The summed E-state index contributed by atoms with van der Waals surface area (Å²) in [4.78, 5) is 17.1. The van der Waals surface area contributed by atoms with Crippen molar-refractivity contribution in [3.8, 4) is 5.75 Å². The zero-order valence-electron chi connectivity index (χ0n) is 19.9. The van der Waals surface area contributed by atoms with Crippen LogP contribution in [0.2, 0.25) is 0 Å². The van der Waals surface area contributed by atoms with Gasteiger partial charge in [-0.2, -0.15) is 5.10 Å². The van der Waals surface area contributed by atoms with Gasteiger partial charge in [-0.1, -0.05) is 30.3 Å². The van der Waals surface area contributed by atoms with Gasteiger partial charge >= 0.3 is 0 Å². The molecule has 0 bridgehead atoms. The minimum Gasteiger partial charge on any atom is -0.497 e. The van der Waals surface area contributed by atoms with E-state index in [-0.39, 0.29) is 31.0 Å². The number of amides is 1. The molecule has 34 heavy (non-hydrogen) atoms. The van der Waals surface area contributed by atoms with Crippen molar-refractivity contribution in [2.75, 3.05) is 26.7 Å². The van der Waals surface area contributed by atoms with E-state index in [0.717, 1.165) is 22.6 Å². The van der Waals surface area contributed by atoms with Gasteiger partial charge < -0.3 is 14.4 Å². The Morgan fingerprint density at radius 3 is 2.50 bits per heavy atom. The summed E-state index contributed by atoms with van der Waals surface area (Å²) in [6.07, 6.45) is 1.58. The van der Waals surface area contributed by atoms with Gasteiger partial charge in [-0.05, 0) is 30.7 Å². The monoisotopic (exact) mass is 466 g/mol. The number of ether oxygens (including phenoxy) is 2. The topological polar surface area (TPSA) is 59.8 Å². The highest BCUT2D eigenvalue weighted by atomic mass is 19.1. The highest BCUT2D eigenvalue weighted by Gasteiger charge is 2.29. The Morgan fingerprint density at radius 2 is 1.82 bits per heavy atom. The summed E-state index contributed by atoms with van der Waals surface area (Å²) >= 11 is 0. The highest BCUT2D eigenvalue weighted by molar-refractivity contribution is 5.78. The molecule has 0 radical (unpaired) electrons. The average molecular weight is 467 g/mol. The first-order valence-electron chi connectivity index (χ1n) is 11.4. The summed E-state index contributed by atoms with van der Waals surface area (Å²) in [6, 6.07) is 14.3. The lowest BCUT2D eigenvalue weighted by Crippen LogP contribution is -2.37. The summed E-state index contributed by atoms with van der Waals surface area (Å²) in [5.41, 5.74) is 3.66. The lowest BCUT2D eigenvalue weighted by molar-refractivity contribution is -0.132. The second-order valence-electron chi connectivity index (χ2n) is 8.70. The minimum atomic E-state index is -0.287. The molecule has 2 heterocycles. The van der Waals surface area contributed by atoms with Crippen molar-refractivity contribution in [2.45, 2.75) is 32.7 Å². The molecule has 7 nitrogen and oxygen atoms in total. The molecule has 1 unspecified atom stereocenters. The van der Waals surface area contributed by atoms with E-state index < -0.39 is 0 Å². The van der Waals surface area contributed by atoms with Gasteiger partial charge in [-0.15, -0.1) is 0 Å². The molecule has 1 aromatic heterocycles. The van der Waals surface area contributed by atoms with E-state index in [1.54, 1.807) is 25.3 Å². The van der Waals surface area contributed by atoms with Crippen molar-refractivity contribution in [3.63, 3.8) is 0 Å². The third-order valence-electron chi connectivity index (χ3n) is 6.29. The SMILES string of the molecule is COc1ccc(CN2CC(OCc3ccccc3F)CN(Cc3cnn(C)c3C)CC2=O)cc1. The smallest absolute Gasteiger partial charge is 0.237 e. The van der Waals surface area contributed by atoms with E-state index in [9.17, 15) is 9.18 Å². The van der Waals surface area contributed by atoms with Crippen molar-refractivity contribution in [2.24, 2.45) is 7.05 Å². The molecule has 180 valence electrons. The fourth-order valence-corrected chi connectivity index (χ4v) is 4.14. The van der Waals surface area contributed by atoms with Crippen LogP contribution in [0.5, 0.6) is 5.75 Å². The second kappa shape index (κ2) is 10.8. The van der Waals surface area contributed by atoms with Gasteiger partial charge in [-0.3, -0.25) is 14.4 Å². The molecule has 4 rings (SSSR count). The van der Waals surface area contributed by atoms with Crippen LogP contribution in [-0.2, 0) is 36.3 Å². The van der Waals surface area contributed by atoms with Crippen LogP contribution < -0.4 is 4.74 Å². The molecule has 1 atom stereocenters. The quantitative estimate of drug-likeness (QED) is 0.510. The normalized spacial score (nSPS) is 17.1. The van der Waals surface area contributed by atoms with Crippen molar-refractivity contribution in [1.82, 2.24) is 19.6 Å². The molecule has 2 aromatic carbocycles. The number of rotatable bonds is 8. The number of carbonyl (C=O) groups is 1. The Labute approximate surface area is 199 Å². The molecule has 0 spiro atoms. The van der Waals surface area contributed by atoms with Gasteiger partial charge in [0.05, 0.1) is 32.6 Å². The maximum absolute atomic E-state index is 14.1. The maximum atomic E-state index is 14.1. The average Bonchev–Trinajstić information content (AvgIpc) is 3.06. The maximum Gasteiger partial charge on any atom is 0.237 e. The predicted molar refractivity (Wildman–Crippen MR) is 127 cm³/mol. The lowest BCUT2D eigenvalue weighted by Gasteiger charge is -2.25. The number of benzene rings is 2. The van der Waals surface area contributed by atoms with Gasteiger partial charge in [0, 0.05) is 50.0 Å². The predicted octanol–water partition coefficient (Wildman–Crippen LogP) is 3.31. The Hall–Kier alpha value is -3.23. The summed E-state index contributed by atoms with van der Waals surface area (Å²) < 4.78 is 27.4. The molecular weight excluding hydrogens is 435 g/mol. The third kappa shape index (κ3) is 5.81. The molecule has 1 fully saturated rings. The van der Waals surface area contributed by atoms with E-state index in [2.05, 4.69) is 10.00 Å². The lowest BCUT2D eigenvalue weighted by atomic mass is 10.2. The van der Waals surface area contributed by atoms with Gasteiger partial charge in [-0.25, -0.2) is 4.39 Å². The minimum absolute atomic E-state index is 0.0364. The molecule has 0 saturated carbocycles. The number of hydrogen-bond donors (Lipinski definition) is 0. The highest BCUT2D eigenvalue weighted by Crippen LogP contribution is 2.19. The molecule has 1 saturated heterocycles. The molecular formula is C26H31FN4O3. The standard InChI is InChI=1S/C26H31FN4O3/c1-19-22(12-28-29(19)2)14-30-15-24(34-18-21-6-4-5-7-25(21)27)16-31(26(32)17-30)13-20-8-10-23(33-3)11-9-20/h4-12,24H,13-18H2,1-3H3. The third-order valence-corrected chi connectivity index (χ3v) is 6.29. The fourth-order valence-electron chi connectivity index (χ4n) is 4.14. The fraction of sp³-hybridized carbons (Fsp3) is 0.385. The Bertz CT molecular complexity index is 1120. The Morgan fingerprint density at radius 1 is 1.06 bits per heavy atom. The Balaban J connectivity index is 1.51. The zero-order valence-corrected chi connectivity index (χ0v) is 19.9. The van der Waals surface area contributed by atoms with Crippen LogP contribution in [-0.4, -0.2) is 58.3 Å². The number of carbonyl (C=O) groups excluding carboxylic acids is 1. The van der Waals surface area contributed by atoms with Gasteiger partial charge in [0.15, 0.2) is 0 Å². The zero-order chi connectivity index (χ0) is 24.1. The number of nitrogens with zero attached hydrogens (tertiary/aromatic N) is 4. The first kappa shape index (κ1) is 23.9. The molecule has 3 aromatic rings. The second-order valence-corrected chi connectivity index (χ2v) is 8.70. The summed E-state index contributed by atoms with van der Waals surface area (Å²) in [7, 11) is 3.53. The van der Waals surface area contributed by atoms with Crippen LogP contribution in [0.4, 0.5) is 4.39 Å². The van der Waals surface area contributed by atoms with Crippen molar-refractivity contribution >= 4 is 5.91 Å².